The van der Waals surface area contributed by atoms with Crippen LogP contribution in [0.15, 0.2) is 54.9 Å². The molecule has 22 heavy (non-hydrogen) atoms. The summed E-state index contributed by atoms with van der Waals surface area (Å²) in [5, 5.41) is 0.314. The van der Waals surface area contributed by atoms with E-state index in [1.807, 2.05) is 35.5 Å². The maximum absolute atomic E-state index is 12.1. The summed E-state index contributed by atoms with van der Waals surface area (Å²) in [5.74, 6) is 0.896. The van der Waals surface area contributed by atoms with Gasteiger partial charge in [0.2, 0.25) is 5.91 Å². The summed E-state index contributed by atoms with van der Waals surface area (Å²) in [6.45, 7) is 0.801. The molecule has 2 aromatic rings. The molecule has 0 saturated carbocycles. The molecule has 1 aliphatic rings. The molecule has 1 atom stereocenters. The van der Waals surface area contributed by atoms with Gasteiger partial charge in [0, 0.05) is 18.9 Å². The highest BCUT2D eigenvalue weighted by Crippen LogP contribution is 2.28. The Hall–Kier alpha value is -1.81. The van der Waals surface area contributed by atoms with E-state index in [1.165, 1.54) is 11.1 Å². The van der Waals surface area contributed by atoms with E-state index in [0.29, 0.717) is 11.1 Å². The largest absolute Gasteiger partial charge is 0.330 e. The van der Waals surface area contributed by atoms with E-state index in [2.05, 4.69) is 29.2 Å². The lowest BCUT2D eigenvalue weighted by atomic mass is 10.1. The minimum atomic E-state index is 0.275. The van der Waals surface area contributed by atoms with Gasteiger partial charge in [-0.1, -0.05) is 30.3 Å². The molecule has 3 rings (SSSR count). The van der Waals surface area contributed by atoms with Crippen LogP contribution >= 0.6 is 11.8 Å². The molecule has 0 radical (unpaired) electrons. The molecule has 114 valence electrons. The average molecular weight is 312 g/mol. The average Bonchev–Trinajstić information content (AvgIpc) is 2.93. The summed E-state index contributed by atoms with van der Waals surface area (Å²) < 4.78 is 0. The van der Waals surface area contributed by atoms with Crippen molar-refractivity contribution in [2.24, 2.45) is 0 Å². The van der Waals surface area contributed by atoms with Crippen molar-refractivity contribution in [2.45, 2.75) is 24.6 Å². The van der Waals surface area contributed by atoms with Crippen LogP contribution < -0.4 is 0 Å². The Labute approximate surface area is 135 Å². The van der Waals surface area contributed by atoms with Gasteiger partial charge >= 0.3 is 0 Å². The summed E-state index contributed by atoms with van der Waals surface area (Å²) in [7, 11) is 0. The van der Waals surface area contributed by atoms with Gasteiger partial charge in [0.1, 0.15) is 0 Å². The zero-order valence-corrected chi connectivity index (χ0v) is 13.3. The molecule has 0 aliphatic carbocycles. The van der Waals surface area contributed by atoms with Crippen molar-refractivity contribution >= 4 is 17.7 Å². The Morgan fingerprint density at radius 2 is 1.77 bits per heavy atom. The molecule has 0 bridgehead atoms. The second-order valence-electron chi connectivity index (χ2n) is 5.48. The van der Waals surface area contributed by atoms with Gasteiger partial charge in [-0.2, -0.15) is 0 Å². The van der Waals surface area contributed by atoms with Gasteiger partial charge in [-0.25, -0.2) is 0 Å². The van der Waals surface area contributed by atoms with Crippen molar-refractivity contribution in [1.82, 2.24) is 9.88 Å². The van der Waals surface area contributed by atoms with Crippen LogP contribution in [0.25, 0.3) is 0 Å². The predicted octanol–water partition coefficient (Wildman–Crippen LogP) is 3.16. The summed E-state index contributed by atoms with van der Waals surface area (Å²) in [4.78, 5) is 18.2. The molecular weight excluding hydrogens is 292 g/mol. The van der Waals surface area contributed by atoms with E-state index in [1.54, 1.807) is 11.8 Å². The fraction of sp³-hybridized carbons (Fsp3) is 0.333. The number of nitrogens with zero attached hydrogens (tertiary/aromatic N) is 2. The number of benzene rings is 1. The first-order chi connectivity index (χ1) is 10.8. The van der Waals surface area contributed by atoms with E-state index >= 15 is 0 Å². The molecule has 1 aromatic heterocycles. The Morgan fingerprint density at radius 1 is 1.05 bits per heavy atom. The third kappa shape index (κ3) is 3.89. The standard InChI is InChI=1S/C18H20N2OS/c21-17-14-22-18(7-6-15-4-2-1-3-5-15)20(17)13-10-16-8-11-19-12-9-16/h1-5,8-9,11-12,18H,6-7,10,13-14H2. The van der Waals surface area contributed by atoms with Gasteiger partial charge in [0.15, 0.2) is 0 Å². The van der Waals surface area contributed by atoms with Gasteiger partial charge in [0.05, 0.1) is 11.1 Å². The van der Waals surface area contributed by atoms with E-state index < -0.39 is 0 Å². The Morgan fingerprint density at radius 3 is 2.55 bits per heavy atom. The first-order valence-corrected chi connectivity index (χ1v) is 8.72. The third-order valence-corrected chi connectivity index (χ3v) is 5.27. The maximum atomic E-state index is 12.1. The van der Waals surface area contributed by atoms with E-state index in [0.717, 1.165) is 25.8 Å². The van der Waals surface area contributed by atoms with Gasteiger partial charge in [0.25, 0.3) is 0 Å². The monoisotopic (exact) mass is 312 g/mol. The molecular formula is C18H20N2OS. The second kappa shape index (κ2) is 7.45. The molecule has 0 N–H and O–H groups in total. The summed E-state index contributed by atoms with van der Waals surface area (Å²) in [6, 6.07) is 14.5. The Balaban J connectivity index is 1.55. The van der Waals surface area contributed by atoms with Crippen LogP contribution in [-0.2, 0) is 17.6 Å². The van der Waals surface area contributed by atoms with E-state index in [-0.39, 0.29) is 5.91 Å². The van der Waals surface area contributed by atoms with Crippen molar-refractivity contribution in [1.29, 1.82) is 0 Å². The Kier molecular flexibility index (Phi) is 5.11. The third-order valence-electron chi connectivity index (χ3n) is 3.98. The highest BCUT2D eigenvalue weighted by Gasteiger charge is 2.30. The summed E-state index contributed by atoms with van der Waals surface area (Å²) in [6.07, 6.45) is 6.57. The van der Waals surface area contributed by atoms with Crippen LogP contribution in [0.3, 0.4) is 0 Å². The van der Waals surface area contributed by atoms with Crippen LogP contribution in [0.4, 0.5) is 0 Å². The highest BCUT2D eigenvalue weighted by atomic mass is 32.2. The quantitative estimate of drug-likeness (QED) is 0.821. The number of pyridine rings is 1. The topological polar surface area (TPSA) is 33.2 Å². The summed E-state index contributed by atoms with van der Waals surface area (Å²) in [5.41, 5.74) is 2.58. The lowest BCUT2D eigenvalue weighted by Gasteiger charge is -2.24. The number of rotatable bonds is 6. The maximum Gasteiger partial charge on any atom is 0.233 e. The number of hydrogen-bond acceptors (Lipinski definition) is 3. The number of amides is 1. The zero-order chi connectivity index (χ0) is 15.2. The lowest BCUT2D eigenvalue weighted by molar-refractivity contribution is -0.128. The first kappa shape index (κ1) is 15.1. The number of hydrogen-bond donors (Lipinski definition) is 0. The fourth-order valence-corrected chi connectivity index (χ4v) is 3.93. The Bertz CT molecular complexity index is 603. The van der Waals surface area contributed by atoms with Crippen LogP contribution in [-0.4, -0.2) is 33.5 Å². The first-order valence-electron chi connectivity index (χ1n) is 7.67. The van der Waals surface area contributed by atoms with Crippen LogP contribution in [0.5, 0.6) is 0 Å². The lowest BCUT2D eigenvalue weighted by Crippen LogP contribution is -2.34. The van der Waals surface area contributed by atoms with Gasteiger partial charge in [-0.3, -0.25) is 9.78 Å². The minimum Gasteiger partial charge on any atom is -0.330 e. The zero-order valence-electron chi connectivity index (χ0n) is 12.5. The molecule has 1 aromatic carbocycles. The fourth-order valence-electron chi connectivity index (χ4n) is 2.74. The molecule has 3 nitrogen and oxygen atoms in total. The molecule has 4 heteroatoms. The van der Waals surface area contributed by atoms with Gasteiger partial charge in [-0.15, -0.1) is 11.8 Å². The number of thioether (sulfide) groups is 1. The van der Waals surface area contributed by atoms with Crippen molar-refractivity contribution in [2.75, 3.05) is 12.3 Å². The second-order valence-corrected chi connectivity index (χ2v) is 6.65. The molecule has 1 amide bonds. The van der Waals surface area contributed by atoms with Crippen molar-refractivity contribution in [3.05, 3.63) is 66.0 Å². The minimum absolute atomic E-state index is 0.275. The van der Waals surface area contributed by atoms with Crippen molar-refractivity contribution in [3.8, 4) is 0 Å². The molecule has 1 saturated heterocycles. The van der Waals surface area contributed by atoms with Crippen LogP contribution in [0, 0.1) is 0 Å². The van der Waals surface area contributed by atoms with Crippen LogP contribution in [0.2, 0.25) is 0 Å². The smallest absolute Gasteiger partial charge is 0.233 e. The number of carbonyl (C=O) groups excluding carboxylic acids is 1. The van der Waals surface area contributed by atoms with Crippen molar-refractivity contribution in [3.63, 3.8) is 0 Å². The number of carbonyl (C=O) groups is 1. The molecule has 1 aliphatic heterocycles. The van der Waals surface area contributed by atoms with Gasteiger partial charge < -0.3 is 4.90 Å². The molecule has 1 fully saturated rings. The van der Waals surface area contributed by atoms with E-state index in [9.17, 15) is 4.79 Å². The van der Waals surface area contributed by atoms with Crippen LogP contribution in [0.1, 0.15) is 17.5 Å². The number of aryl methyl sites for hydroxylation is 1. The molecule has 0 spiro atoms. The normalized spacial score (nSPS) is 17.9. The molecule has 2 heterocycles. The highest BCUT2D eigenvalue weighted by molar-refractivity contribution is 8.00. The van der Waals surface area contributed by atoms with Crippen molar-refractivity contribution < 1.29 is 4.79 Å². The summed E-state index contributed by atoms with van der Waals surface area (Å²) >= 11 is 1.78. The van der Waals surface area contributed by atoms with E-state index in [4.69, 9.17) is 0 Å². The molecule has 1 unspecified atom stereocenters. The predicted molar refractivity (Wildman–Crippen MR) is 90.7 cm³/mol. The van der Waals surface area contributed by atoms with Gasteiger partial charge in [-0.05, 0) is 42.5 Å². The number of aromatic nitrogens is 1. The SMILES string of the molecule is O=C1CSC(CCc2ccccc2)N1CCc1ccncc1.